The molecule has 0 saturated carbocycles. The minimum atomic E-state index is 0.0246. The number of thiocarbonyl (C=S) groups is 1. The Morgan fingerprint density at radius 1 is 1.03 bits per heavy atom. The number of hydrogen-bond donors (Lipinski definition) is 1. The molecule has 0 amide bonds. The molecule has 32 heavy (non-hydrogen) atoms. The van der Waals surface area contributed by atoms with Crippen molar-refractivity contribution in [3.05, 3.63) is 81.9 Å². The monoisotopic (exact) mass is 446 g/mol. The van der Waals surface area contributed by atoms with Crippen molar-refractivity contribution in [3.8, 4) is 5.69 Å². The average molecular weight is 447 g/mol. The largest absolute Gasteiger partial charge is 0.352 e. The van der Waals surface area contributed by atoms with Crippen LogP contribution in [0, 0.1) is 40.5 Å². The lowest BCUT2D eigenvalue weighted by Gasteiger charge is -2.29. The standard InChI is InChI=1S/C27H34N4S/c1-16(2)15-30-26(24(29-27(30)32)23-10-8-9-11-28-23)22-14-20(6)31(21(22)7)25-18(4)12-17(3)13-19(25)5/h8-14,16,24,26H,15H2,1-7H3,(H,29,32). The number of aryl methyl sites for hydroxylation is 4. The number of nitrogens with zero attached hydrogens (tertiary/aromatic N) is 3. The lowest BCUT2D eigenvalue weighted by molar-refractivity contribution is 0.287. The van der Waals surface area contributed by atoms with Gasteiger partial charge in [0.15, 0.2) is 5.11 Å². The molecule has 2 atom stereocenters. The number of aromatic nitrogens is 2. The molecular weight excluding hydrogens is 412 g/mol. The van der Waals surface area contributed by atoms with Crippen LogP contribution in [0.2, 0.25) is 0 Å². The van der Waals surface area contributed by atoms with Crippen LogP contribution in [0.4, 0.5) is 0 Å². The maximum absolute atomic E-state index is 5.83. The number of pyridine rings is 1. The van der Waals surface area contributed by atoms with E-state index in [0.717, 1.165) is 17.4 Å². The Bertz CT molecular complexity index is 1120. The highest BCUT2D eigenvalue weighted by Crippen LogP contribution is 2.42. The van der Waals surface area contributed by atoms with Gasteiger partial charge < -0.3 is 14.8 Å². The van der Waals surface area contributed by atoms with Gasteiger partial charge in [-0.05, 0) is 87.6 Å². The first-order chi connectivity index (χ1) is 15.2. The van der Waals surface area contributed by atoms with E-state index in [9.17, 15) is 0 Å². The van der Waals surface area contributed by atoms with Gasteiger partial charge in [0.2, 0.25) is 0 Å². The zero-order chi connectivity index (χ0) is 23.2. The molecule has 0 aliphatic carbocycles. The summed E-state index contributed by atoms with van der Waals surface area (Å²) < 4.78 is 2.42. The molecule has 3 heterocycles. The van der Waals surface area contributed by atoms with E-state index in [1.807, 2.05) is 12.3 Å². The summed E-state index contributed by atoms with van der Waals surface area (Å²) in [5, 5.41) is 4.40. The van der Waals surface area contributed by atoms with E-state index in [-0.39, 0.29) is 12.1 Å². The van der Waals surface area contributed by atoms with Gasteiger partial charge in [-0.3, -0.25) is 4.98 Å². The van der Waals surface area contributed by atoms with Crippen LogP contribution >= 0.6 is 12.2 Å². The maximum Gasteiger partial charge on any atom is 0.170 e. The summed E-state index contributed by atoms with van der Waals surface area (Å²) in [7, 11) is 0. The molecule has 2 aromatic heterocycles. The minimum Gasteiger partial charge on any atom is -0.352 e. The Morgan fingerprint density at radius 3 is 2.31 bits per heavy atom. The van der Waals surface area contributed by atoms with Crippen molar-refractivity contribution in [2.75, 3.05) is 6.54 Å². The van der Waals surface area contributed by atoms with Crippen LogP contribution in [-0.2, 0) is 0 Å². The third-order valence-electron chi connectivity index (χ3n) is 6.41. The van der Waals surface area contributed by atoms with Gasteiger partial charge in [-0.1, -0.05) is 37.6 Å². The van der Waals surface area contributed by atoms with E-state index in [2.05, 4.69) is 98.6 Å². The first kappa shape index (κ1) is 22.5. The summed E-state index contributed by atoms with van der Waals surface area (Å²) in [4.78, 5) is 7.05. The van der Waals surface area contributed by atoms with Gasteiger partial charge in [-0.2, -0.15) is 0 Å². The molecule has 4 rings (SSSR count). The molecule has 1 saturated heterocycles. The molecule has 1 aromatic carbocycles. The number of benzene rings is 1. The highest BCUT2D eigenvalue weighted by Gasteiger charge is 2.41. The van der Waals surface area contributed by atoms with Gasteiger partial charge in [-0.15, -0.1) is 0 Å². The number of nitrogens with one attached hydrogen (secondary N) is 1. The fraction of sp³-hybridized carbons (Fsp3) is 0.407. The molecule has 5 heteroatoms. The van der Waals surface area contributed by atoms with Crippen molar-refractivity contribution in [1.29, 1.82) is 0 Å². The molecular formula is C27H34N4S. The molecule has 3 aromatic rings. The van der Waals surface area contributed by atoms with Crippen LogP contribution in [0.15, 0.2) is 42.6 Å². The summed E-state index contributed by atoms with van der Waals surface area (Å²) in [6, 6.07) is 13.1. The van der Waals surface area contributed by atoms with Crippen molar-refractivity contribution in [2.24, 2.45) is 5.92 Å². The second-order valence-electron chi connectivity index (χ2n) is 9.58. The van der Waals surface area contributed by atoms with Gasteiger partial charge >= 0.3 is 0 Å². The van der Waals surface area contributed by atoms with Gasteiger partial charge in [0.05, 0.1) is 23.5 Å². The van der Waals surface area contributed by atoms with Crippen molar-refractivity contribution in [2.45, 2.75) is 60.5 Å². The second kappa shape index (κ2) is 8.70. The Morgan fingerprint density at radius 2 is 1.72 bits per heavy atom. The predicted molar refractivity (Wildman–Crippen MR) is 136 cm³/mol. The lowest BCUT2D eigenvalue weighted by atomic mass is 9.96. The van der Waals surface area contributed by atoms with Crippen LogP contribution < -0.4 is 5.32 Å². The summed E-state index contributed by atoms with van der Waals surface area (Å²) in [5.41, 5.74) is 10.0. The van der Waals surface area contributed by atoms with Gasteiger partial charge in [-0.25, -0.2) is 0 Å². The second-order valence-corrected chi connectivity index (χ2v) is 9.97. The SMILES string of the molecule is Cc1cc(C)c(-n2c(C)cc(C3C(c4ccccn4)NC(=S)N3CC(C)C)c2C)c(C)c1. The first-order valence-corrected chi connectivity index (χ1v) is 11.8. The number of hydrogen-bond acceptors (Lipinski definition) is 2. The molecule has 1 aliphatic heterocycles. The zero-order valence-corrected chi connectivity index (χ0v) is 21.0. The fourth-order valence-electron chi connectivity index (χ4n) is 5.29. The van der Waals surface area contributed by atoms with Crippen LogP contribution in [0.1, 0.15) is 65.3 Å². The van der Waals surface area contributed by atoms with Gasteiger partial charge in [0.1, 0.15) is 0 Å². The first-order valence-electron chi connectivity index (χ1n) is 11.4. The molecule has 0 radical (unpaired) electrons. The van der Waals surface area contributed by atoms with Gasteiger partial charge in [0.25, 0.3) is 0 Å². The van der Waals surface area contributed by atoms with E-state index in [4.69, 9.17) is 12.2 Å². The summed E-state index contributed by atoms with van der Waals surface area (Å²) >= 11 is 5.83. The Hall–Kier alpha value is -2.66. The molecule has 1 aliphatic rings. The van der Waals surface area contributed by atoms with E-state index in [1.54, 1.807) is 0 Å². The molecule has 4 nitrogen and oxygen atoms in total. The topological polar surface area (TPSA) is 33.1 Å². The zero-order valence-electron chi connectivity index (χ0n) is 20.2. The Labute approximate surface area is 197 Å². The van der Waals surface area contributed by atoms with Crippen LogP contribution in [-0.4, -0.2) is 26.1 Å². The molecule has 1 fully saturated rings. The third-order valence-corrected chi connectivity index (χ3v) is 6.76. The van der Waals surface area contributed by atoms with Crippen LogP contribution in [0.5, 0.6) is 0 Å². The maximum atomic E-state index is 5.83. The molecule has 2 unspecified atom stereocenters. The van der Waals surface area contributed by atoms with E-state index >= 15 is 0 Å². The van der Waals surface area contributed by atoms with Crippen LogP contribution in [0.25, 0.3) is 5.69 Å². The quantitative estimate of drug-likeness (QED) is 0.484. The van der Waals surface area contributed by atoms with Crippen molar-refractivity contribution in [1.82, 2.24) is 19.8 Å². The van der Waals surface area contributed by atoms with Crippen molar-refractivity contribution in [3.63, 3.8) is 0 Å². The Balaban J connectivity index is 1.88. The molecule has 1 N–H and O–H groups in total. The molecule has 168 valence electrons. The Kier molecular flexibility index (Phi) is 6.13. The van der Waals surface area contributed by atoms with E-state index < -0.39 is 0 Å². The highest BCUT2D eigenvalue weighted by molar-refractivity contribution is 7.80. The summed E-state index contributed by atoms with van der Waals surface area (Å²) in [6.45, 7) is 16.4. The number of rotatable bonds is 5. The highest BCUT2D eigenvalue weighted by atomic mass is 32.1. The molecule has 0 spiro atoms. The summed E-state index contributed by atoms with van der Waals surface area (Å²) in [5.74, 6) is 0.504. The fourth-order valence-corrected chi connectivity index (χ4v) is 5.61. The summed E-state index contributed by atoms with van der Waals surface area (Å²) in [6.07, 6.45) is 1.87. The van der Waals surface area contributed by atoms with Crippen molar-refractivity contribution >= 4 is 17.3 Å². The van der Waals surface area contributed by atoms with Crippen molar-refractivity contribution < 1.29 is 0 Å². The normalized spacial score (nSPS) is 18.5. The predicted octanol–water partition coefficient (Wildman–Crippen LogP) is 6.04. The van der Waals surface area contributed by atoms with Gasteiger partial charge in [0, 0.05) is 24.1 Å². The van der Waals surface area contributed by atoms with Crippen LogP contribution in [0.3, 0.4) is 0 Å². The lowest BCUT2D eigenvalue weighted by Crippen LogP contribution is -2.33. The smallest absolute Gasteiger partial charge is 0.170 e. The van der Waals surface area contributed by atoms with E-state index in [0.29, 0.717) is 5.92 Å². The minimum absolute atomic E-state index is 0.0246. The molecule has 0 bridgehead atoms. The third kappa shape index (κ3) is 3.95. The average Bonchev–Trinajstić information content (AvgIpc) is 3.18. The van der Waals surface area contributed by atoms with E-state index in [1.165, 1.54) is 39.3 Å².